The molecule has 1 aromatic rings. The van der Waals surface area contributed by atoms with Gasteiger partial charge in [-0.25, -0.2) is 4.79 Å². The number of piperidine rings is 1. The lowest BCUT2D eigenvalue weighted by atomic mass is 9.96. The van der Waals surface area contributed by atoms with Gasteiger partial charge in [-0.2, -0.15) is 13.2 Å². The van der Waals surface area contributed by atoms with Crippen molar-refractivity contribution in [2.45, 2.75) is 44.1 Å². The number of fused-ring (bicyclic) bond motifs is 1. The third kappa shape index (κ3) is 6.59. The van der Waals surface area contributed by atoms with Crippen LogP contribution in [0, 0.1) is 0 Å². The van der Waals surface area contributed by atoms with E-state index < -0.39 is 12.1 Å². The molecule has 32 heavy (non-hydrogen) atoms. The molecule has 0 radical (unpaired) electrons. The smallest absolute Gasteiger partial charge is 0.490 e. The van der Waals surface area contributed by atoms with E-state index in [9.17, 15) is 22.8 Å². The zero-order valence-electron chi connectivity index (χ0n) is 18.3. The number of alkyl halides is 3. The van der Waals surface area contributed by atoms with Gasteiger partial charge >= 0.3 is 12.1 Å². The molecule has 1 N–H and O–H groups in total. The molecule has 0 bridgehead atoms. The Hall–Kier alpha value is -2.82. The van der Waals surface area contributed by atoms with Crippen LogP contribution in [-0.2, 0) is 20.9 Å². The molecule has 0 saturated carbocycles. The topological polar surface area (TPSA) is 90.4 Å². The SMILES string of the molecule is COc1ccc(CN2CC[C@@H]3[C@H]2CCC(=O)N3CC(=O)N(C)C)cc1.O=C(O)C(F)(F)F. The summed E-state index contributed by atoms with van der Waals surface area (Å²) in [7, 11) is 5.14. The molecule has 2 atom stereocenters. The molecule has 0 aliphatic carbocycles. The molecule has 8 nitrogen and oxygen atoms in total. The highest BCUT2D eigenvalue weighted by Gasteiger charge is 2.43. The number of hydrogen-bond acceptors (Lipinski definition) is 5. The Morgan fingerprint density at radius 1 is 1.16 bits per heavy atom. The molecular formula is C21H28F3N3O5. The standard InChI is InChI=1S/C19H27N3O3.C2HF3O2/c1-20(2)19(24)13-22-17-10-11-21(16(17)8-9-18(22)23)12-14-4-6-15(25-3)7-5-14;3-2(4,5)1(6)7/h4-7,16-17H,8-13H2,1-3H3;(H,6,7)/t16-,17-;/m1./s1. The minimum Gasteiger partial charge on any atom is -0.497 e. The van der Waals surface area contributed by atoms with E-state index in [2.05, 4.69) is 17.0 Å². The number of amides is 2. The molecular weight excluding hydrogens is 431 g/mol. The lowest BCUT2D eigenvalue weighted by Crippen LogP contribution is -2.54. The van der Waals surface area contributed by atoms with Crippen molar-refractivity contribution < 1.29 is 37.4 Å². The molecule has 11 heteroatoms. The van der Waals surface area contributed by atoms with Gasteiger partial charge in [-0.3, -0.25) is 14.5 Å². The Balaban J connectivity index is 0.000000451. The van der Waals surface area contributed by atoms with Crippen molar-refractivity contribution in [3.8, 4) is 5.75 Å². The number of halogens is 3. The Morgan fingerprint density at radius 2 is 1.75 bits per heavy atom. The van der Waals surface area contributed by atoms with Crippen LogP contribution in [0.2, 0.25) is 0 Å². The summed E-state index contributed by atoms with van der Waals surface area (Å²) in [5.74, 6) is -1.79. The van der Waals surface area contributed by atoms with Crippen molar-refractivity contribution in [1.82, 2.24) is 14.7 Å². The van der Waals surface area contributed by atoms with E-state index in [1.807, 2.05) is 17.0 Å². The lowest BCUT2D eigenvalue weighted by molar-refractivity contribution is -0.192. The van der Waals surface area contributed by atoms with Crippen LogP contribution in [-0.4, -0.2) is 90.1 Å². The van der Waals surface area contributed by atoms with Crippen LogP contribution in [0.3, 0.4) is 0 Å². The van der Waals surface area contributed by atoms with Gasteiger partial charge in [-0.15, -0.1) is 0 Å². The summed E-state index contributed by atoms with van der Waals surface area (Å²) in [6, 6.07) is 8.64. The van der Waals surface area contributed by atoms with Crippen LogP contribution in [0.1, 0.15) is 24.8 Å². The molecule has 178 valence electrons. The van der Waals surface area contributed by atoms with Crippen LogP contribution in [0.15, 0.2) is 24.3 Å². The first-order valence-corrected chi connectivity index (χ1v) is 10.1. The van der Waals surface area contributed by atoms with E-state index >= 15 is 0 Å². The van der Waals surface area contributed by atoms with Gasteiger partial charge in [-0.1, -0.05) is 12.1 Å². The number of aliphatic carboxylic acids is 1. The Morgan fingerprint density at radius 3 is 2.25 bits per heavy atom. The molecule has 0 aromatic heterocycles. The zero-order valence-corrected chi connectivity index (χ0v) is 18.3. The Bertz CT molecular complexity index is 814. The van der Waals surface area contributed by atoms with Crippen molar-refractivity contribution in [2.75, 3.05) is 34.3 Å². The third-order valence-corrected chi connectivity index (χ3v) is 5.59. The maximum atomic E-state index is 12.4. The van der Waals surface area contributed by atoms with Gasteiger partial charge in [0.05, 0.1) is 7.11 Å². The first kappa shape index (κ1) is 25.4. The van der Waals surface area contributed by atoms with Gasteiger partial charge in [0.25, 0.3) is 0 Å². The van der Waals surface area contributed by atoms with E-state index in [0.717, 1.165) is 31.7 Å². The number of carbonyl (C=O) groups excluding carboxylic acids is 2. The summed E-state index contributed by atoms with van der Waals surface area (Å²) in [4.78, 5) is 39.2. The summed E-state index contributed by atoms with van der Waals surface area (Å²) < 4.78 is 36.9. The number of carboxylic acids is 1. The monoisotopic (exact) mass is 459 g/mol. The summed E-state index contributed by atoms with van der Waals surface area (Å²) in [6.45, 7) is 2.03. The number of ether oxygens (including phenoxy) is 1. The van der Waals surface area contributed by atoms with Crippen LogP contribution in [0.25, 0.3) is 0 Å². The second-order valence-electron chi connectivity index (χ2n) is 7.89. The lowest BCUT2D eigenvalue weighted by Gasteiger charge is -2.39. The van der Waals surface area contributed by atoms with Gasteiger partial charge in [0.1, 0.15) is 12.3 Å². The quantitative estimate of drug-likeness (QED) is 0.724. The maximum absolute atomic E-state index is 12.4. The molecule has 3 rings (SSSR count). The number of benzene rings is 1. The highest BCUT2D eigenvalue weighted by molar-refractivity contribution is 5.85. The number of carboxylic acid groups (broad SMARTS) is 1. The van der Waals surface area contributed by atoms with Crippen LogP contribution < -0.4 is 4.74 Å². The van der Waals surface area contributed by atoms with Crippen molar-refractivity contribution in [2.24, 2.45) is 0 Å². The van der Waals surface area contributed by atoms with E-state index in [0.29, 0.717) is 12.5 Å². The van der Waals surface area contributed by atoms with Crippen LogP contribution in [0.4, 0.5) is 13.2 Å². The number of rotatable bonds is 5. The van der Waals surface area contributed by atoms with Gasteiger partial charge in [0, 0.05) is 45.7 Å². The number of hydrogen-bond donors (Lipinski definition) is 1. The molecule has 2 saturated heterocycles. The second kappa shape index (κ2) is 10.7. The third-order valence-electron chi connectivity index (χ3n) is 5.59. The average Bonchev–Trinajstić information content (AvgIpc) is 3.13. The highest BCUT2D eigenvalue weighted by Crippen LogP contribution is 2.32. The van der Waals surface area contributed by atoms with Gasteiger partial charge < -0.3 is 19.6 Å². The molecule has 2 fully saturated rings. The van der Waals surface area contributed by atoms with Crippen molar-refractivity contribution in [3.63, 3.8) is 0 Å². The Labute approximate surface area is 184 Å². The molecule has 2 aliphatic rings. The number of likely N-dealkylation sites (tertiary alicyclic amines) is 2. The van der Waals surface area contributed by atoms with Crippen molar-refractivity contribution in [3.05, 3.63) is 29.8 Å². The fourth-order valence-electron chi connectivity index (χ4n) is 3.89. The van der Waals surface area contributed by atoms with E-state index in [1.165, 1.54) is 5.56 Å². The number of nitrogens with zero attached hydrogens (tertiary/aromatic N) is 3. The molecule has 2 aliphatic heterocycles. The average molecular weight is 459 g/mol. The molecule has 2 amide bonds. The van der Waals surface area contributed by atoms with Gasteiger partial charge in [0.2, 0.25) is 11.8 Å². The van der Waals surface area contributed by atoms with Crippen LogP contribution >= 0.6 is 0 Å². The summed E-state index contributed by atoms with van der Waals surface area (Å²) in [5, 5.41) is 7.12. The summed E-state index contributed by atoms with van der Waals surface area (Å²) >= 11 is 0. The Kier molecular flexibility index (Phi) is 8.48. The first-order valence-electron chi connectivity index (χ1n) is 10.1. The summed E-state index contributed by atoms with van der Waals surface area (Å²) in [6.07, 6.45) is -2.74. The largest absolute Gasteiger partial charge is 0.497 e. The fraction of sp³-hybridized carbons (Fsp3) is 0.571. The van der Waals surface area contributed by atoms with Crippen molar-refractivity contribution >= 4 is 17.8 Å². The zero-order chi connectivity index (χ0) is 24.1. The number of likely N-dealkylation sites (N-methyl/N-ethyl adjacent to an activating group) is 1. The van der Waals surface area contributed by atoms with Gasteiger partial charge in [-0.05, 0) is 30.5 Å². The molecule has 0 spiro atoms. The van der Waals surface area contributed by atoms with E-state index in [-0.39, 0.29) is 24.4 Å². The molecule has 0 unspecified atom stereocenters. The second-order valence-corrected chi connectivity index (χ2v) is 7.89. The van der Waals surface area contributed by atoms with Crippen molar-refractivity contribution in [1.29, 1.82) is 0 Å². The molecule has 1 aromatic carbocycles. The maximum Gasteiger partial charge on any atom is 0.490 e. The minimum atomic E-state index is -5.08. The summed E-state index contributed by atoms with van der Waals surface area (Å²) in [5.41, 5.74) is 1.24. The minimum absolute atomic E-state index is 0.0115. The van der Waals surface area contributed by atoms with E-state index in [4.69, 9.17) is 14.6 Å². The van der Waals surface area contributed by atoms with Gasteiger partial charge in [0.15, 0.2) is 0 Å². The molecule has 2 heterocycles. The van der Waals surface area contributed by atoms with Crippen LogP contribution in [0.5, 0.6) is 5.75 Å². The number of methoxy groups -OCH3 is 1. The predicted molar refractivity (Wildman–Crippen MR) is 109 cm³/mol. The first-order chi connectivity index (χ1) is 14.9. The fourth-order valence-corrected chi connectivity index (χ4v) is 3.89. The number of carbonyl (C=O) groups is 3. The van der Waals surface area contributed by atoms with E-state index in [1.54, 1.807) is 26.1 Å². The highest BCUT2D eigenvalue weighted by atomic mass is 19.4. The predicted octanol–water partition coefficient (Wildman–Crippen LogP) is 1.98. The normalized spacial score (nSPS) is 20.8.